The second-order valence-corrected chi connectivity index (χ2v) is 8.03. The summed E-state index contributed by atoms with van der Waals surface area (Å²) in [6.07, 6.45) is 16.6. The summed E-state index contributed by atoms with van der Waals surface area (Å²) < 4.78 is 14.1. The van der Waals surface area contributed by atoms with E-state index < -0.39 is 0 Å². The summed E-state index contributed by atoms with van der Waals surface area (Å²) in [5, 5.41) is 0. The quantitative estimate of drug-likeness (QED) is 0.374. The number of allylic oxidation sites excluding steroid dienone is 9. The third kappa shape index (κ3) is 4.79. The van der Waals surface area contributed by atoms with Crippen molar-refractivity contribution in [2.45, 2.75) is 58.5 Å². The molecule has 0 aromatic heterocycles. The molecule has 1 saturated carbocycles. The first kappa shape index (κ1) is 19.4. The van der Waals surface area contributed by atoms with Crippen molar-refractivity contribution in [3.63, 3.8) is 0 Å². The van der Waals surface area contributed by atoms with Gasteiger partial charge in [0, 0.05) is 5.66 Å². The second-order valence-electron chi connectivity index (χ2n) is 7.31. The molecule has 0 nitrogen and oxygen atoms in total. The number of hydrogen-bond acceptors (Lipinski definition) is 0. The number of halogens is 1. The molecule has 2 rings (SSSR count). The SMILES string of the molecule is C=C(/C=C\C(=C/C)C1=CC(C)[C@H](P)C(F)=C1)C1CCC(CC)CC1. The van der Waals surface area contributed by atoms with Gasteiger partial charge >= 0.3 is 0 Å². The van der Waals surface area contributed by atoms with Crippen LogP contribution in [0, 0.1) is 17.8 Å². The maximum Gasteiger partial charge on any atom is 0.108 e. The average molecular weight is 346 g/mol. The predicted octanol–water partition coefficient (Wildman–Crippen LogP) is 6.93. The van der Waals surface area contributed by atoms with Gasteiger partial charge in [-0.1, -0.05) is 56.7 Å². The fourth-order valence-corrected chi connectivity index (χ4v) is 3.95. The Labute approximate surface area is 149 Å². The van der Waals surface area contributed by atoms with Gasteiger partial charge in [0.05, 0.1) is 0 Å². The summed E-state index contributed by atoms with van der Waals surface area (Å²) in [4.78, 5) is 0. The molecule has 0 bridgehead atoms. The zero-order valence-electron chi connectivity index (χ0n) is 15.4. The third-order valence-corrected chi connectivity index (χ3v) is 6.62. The van der Waals surface area contributed by atoms with Crippen LogP contribution in [-0.2, 0) is 0 Å². The van der Waals surface area contributed by atoms with Crippen molar-refractivity contribution in [3.05, 3.63) is 59.5 Å². The minimum Gasteiger partial charge on any atom is -0.211 e. The first-order valence-corrected chi connectivity index (χ1v) is 10.0. The van der Waals surface area contributed by atoms with E-state index in [1.165, 1.54) is 37.7 Å². The van der Waals surface area contributed by atoms with E-state index in [-0.39, 0.29) is 17.4 Å². The van der Waals surface area contributed by atoms with E-state index in [0.717, 1.165) is 17.1 Å². The molecular formula is C22H32FP. The molecule has 24 heavy (non-hydrogen) atoms. The van der Waals surface area contributed by atoms with Gasteiger partial charge in [-0.15, -0.1) is 9.24 Å². The van der Waals surface area contributed by atoms with Gasteiger partial charge < -0.3 is 0 Å². The zero-order chi connectivity index (χ0) is 17.7. The molecule has 3 atom stereocenters. The summed E-state index contributed by atoms with van der Waals surface area (Å²) in [6, 6.07) is 0. The molecule has 2 unspecified atom stereocenters. The molecule has 0 aromatic rings. The molecule has 2 aliphatic rings. The second kappa shape index (κ2) is 8.95. The summed E-state index contributed by atoms with van der Waals surface area (Å²) in [5.74, 6) is 1.68. The Morgan fingerprint density at radius 3 is 2.50 bits per heavy atom. The van der Waals surface area contributed by atoms with Crippen LogP contribution in [0.5, 0.6) is 0 Å². The Morgan fingerprint density at radius 2 is 1.96 bits per heavy atom. The highest BCUT2D eigenvalue weighted by atomic mass is 31.0. The van der Waals surface area contributed by atoms with Crippen molar-refractivity contribution in [2.24, 2.45) is 17.8 Å². The minimum absolute atomic E-state index is 0.0468. The highest BCUT2D eigenvalue weighted by molar-refractivity contribution is 7.18. The van der Waals surface area contributed by atoms with Gasteiger partial charge in [-0.25, -0.2) is 4.39 Å². The summed E-state index contributed by atoms with van der Waals surface area (Å²) in [6.45, 7) is 10.7. The van der Waals surface area contributed by atoms with Crippen LogP contribution in [0.2, 0.25) is 0 Å². The van der Waals surface area contributed by atoms with E-state index in [1.54, 1.807) is 6.08 Å². The lowest BCUT2D eigenvalue weighted by molar-refractivity contribution is 0.298. The van der Waals surface area contributed by atoms with Crippen LogP contribution in [-0.4, -0.2) is 5.66 Å². The van der Waals surface area contributed by atoms with E-state index in [1.807, 2.05) is 6.92 Å². The minimum atomic E-state index is -0.0976. The van der Waals surface area contributed by atoms with Crippen molar-refractivity contribution >= 4 is 9.24 Å². The molecule has 0 heterocycles. The number of hydrogen-bond donors (Lipinski definition) is 0. The maximum absolute atomic E-state index is 14.1. The van der Waals surface area contributed by atoms with Crippen LogP contribution < -0.4 is 0 Å². The van der Waals surface area contributed by atoms with Gasteiger partial charge in [0.1, 0.15) is 5.83 Å². The monoisotopic (exact) mass is 346 g/mol. The fourth-order valence-electron chi connectivity index (χ4n) is 3.74. The largest absolute Gasteiger partial charge is 0.211 e. The summed E-state index contributed by atoms with van der Waals surface area (Å²) >= 11 is 0. The fraction of sp³-hybridized carbons (Fsp3) is 0.545. The average Bonchev–Trinajstić information content (AvgIpc) is 2.60. The molecule has 0 aromatic carbocycles. The van der Waals surface area contributed by atoms with Gasteiger partial charge in [-0.05, 0) is 67.6 Å². The Balaban J connectivity index is 2.02. The molecule has 0 N–H and O–H groups in total. The molecule has 1 fully saturated rings. The van der Waals surface area contributed by atoms with E-state index >= 15 is 0 Å². The topological polar surface area (TPSA) is 0 Å². The summed E-state index contributed by atoms with van der Waals surface area (Å²) in [5.41, 5.74) is 3.19. The van der Waals surface area contributed by atoms with Crippen LogP contribution in [0.15, 0.2) is 59.5 Å². The van der Waals surface area contributed by atoms with Crippen molar-refractivity contribution in [2.75, 3.05) is 0 Å². The Hall–Kier alpha value is -0.940. The van der Waals surface area contributed by atoms with Gasteiger partial charge in [0.2, 0.25) is 0 Å². The molecule has 0 spiro atoms. The lowest BCUT2D eigenvalue weighted by atomic mass is 9.78. The van der Waals surface area contributed by atoms with Gasteiger partial charge in [-0.2, -0.15) is 0 Å². The van der Waals surface area contributed by atoms with Crippen molar-refractivity contribution in [3.8, 4) is 0 Å². The van der Waals surface area contributed by atoms with Crippen LogP contribution in [0.25, 0.3) is 0 Å². The number of rotatable bonds is 5. The third-order valence-electron chi connectivity index (χ3n) is 5.69. The molecule has 2 heteroatoms. The zero-order valence-corrected chi connectivity index (χ0v) is 16.5. The molecule has 132 valence electrons. The van der Waals surface area contributed by atoms with Crippen LogP contribution in [0.4, 0.5) is 4.39 Å². The smallest absolute Gasteiger partial charge is 0.108 e. The standard InChI is InChI=1S/C22H32FP/c1-5-17-8-11-19(12-9-17)15(3)7-10-18(6-2)20-13-16(4)22(24)21(23)14-20/h6-7,10,13-14,16-17,19,22H,3,5,8-9,11-12,24H2,1-2,4H3/b10-7-,18-6+/t16?,17?,19?,22-/m0/s1. The maximum atomic E-state index is 14.1. The van der Waals surface area contributed by atoms with Gasteiger partial charge in [0.25, 0.3) is 0 Å². The lowest BCUT2D eigenvalue weighted by Gasteiger charge is -2.28. The van der Waals surface area contributed by atoms with E-state index in [0.29, 0.717) is 5.92 Å². The van der Waals surface area contributed by atoms with Gasteiger partial charge in [0.15, 0.2) is 0 Å². The Morgan fingerprint density at radius 1 is 1.29 bits per heavy atom. The lowest BCUT2D eigenvalue weighted by Crippen LogP contribution is -2.15. The predicted molar refractivity (Wildman–Crippen MR) is 108 cm³/mol. The van der Waals surface area contributed by atoms with E-state index in [2.05, 4.69) is 54.0 Å². The van der Waals surface area contributed by atoms with E-state index in [9.17, 15) is 4.39 Å². The molecule has 0 amide bonds. The first-order valence-electron chi connectivity index (χ1n) is 9.34. The summed E-state index contributed by atoms with van der Waals surface area (Å²) in [7, 11) is 2.59. The van der Waals surface area contributed by atoms with Gasteiger partial charge in [-0.3, -0.25) is 0 Å². The highest BCUT2D eigenvalue weighted by Crippen LogP contribution is 2.36. The molecular weight excluding hydrogens is 314 g/mol. The molecule has 0 radical (unpaired) electrons. The highest BCUT2D eigenvalue weighted by Gasteiger charge is 2.22. The van der Waals surface area contributed by atoms with E-state index in [4.69, 9.17) is 0 Å². The molecule has 2 aliphatic carbocycles. The van der Waals surface area contributed by atoms with Crippen LogP contribution >= 0.6 is 9.24 Å². The van der Waals surface area contributed by atoms with Crippen molar-refractivity contribution in [1.82, 2.24) is 0 Å². The molecule has 0 saturated heterocycles. The van der Waals surface area contributed by atoms with Crippen molar-refractivity contribution < 1.29 is 4.39 Å². The first-order chi connectivity index (χ1) is 11.5. The normalized spacial score (nSPS) is 31.8. The van der Waals surface area contributed by atoms with Crippen LogP contribution in [0.1, 0.15) is 52.9 Å². The Kier molecular flexibility index (Phi) is 7.23. The Bertz CT molecular complexity index is 571. The van der Waals surface area contributed by atoms with Crippen LogP contribution in [0.3, 0.4) is 0 Å². The van der Waals surface area contributed by atoms with Crippen molar-refractivity contribution in [1.29, 1.82) is 0 Å². The molecule has 0 aliphatic heterocycles.